The second-order valence-corrected chi connectivity index (χ2v) is 11.3. The first-order valence-corrected chi connectivity index (χ1v) is 14.0. The maximum absolute atomic E-state index is 12.8. The van der Waals surface area contributed by atoms with Crippen molar-refractivity contribution in [2.24, 2.45) is 5.73 Å². The molecule has 10 nitrogen and oxygen atoms in total. The zero-order valence-electron chi connectivity index (χ0n) is 24.3. The second-order valence-electron chi connectivity index (χ2n) is 11.3. The van der Waals surface area contributed by atoms with Crippen LogP contribution in [-0.4, -0.2) is 92.1 Å². The van der Waals surface area contributed by atoms with E-state index in [9.17, 15) is 19.6 Å². The number of rotatable bonds is 8. The number of amidine groups is 1. The van der Waals surface area contributed by atoms with E-state index in [1.807, 2.05) is 24.3 Å². The molecule has 10 heteroatoms. The normalized spacial score (nSPS) is 17.0. The molecular formula is C31H39N7O3. The van der Waals surface area contributed by atoms with Crippen molar-refractivity contribution in [3.05, 3.63) is 69.8 Å². The minimum Gasteiger partial charge on any atom is -0.387 e. The number of nitrogens with two attached hydrogens (primary N) is 1. The molecule has 3 amide bonds. The third-order valence-corrected chi connectivity index (χ3v) is 8.23. The molecule has 1 saturated heterocycles. The van der Waals surface area contributed by atoms with E-state index in [4.69, 9.17) is 11.1 Å². The number of nitrogens with zero attached hydrogens (tertiary/aromatic N) is 4. The van der Waals surface area contributed by atoms with E-state index in [-0.39, 0.29) is 36.1 Å². The first-order chi connectivity index (χ1) is 19.5. The number of hydrogen-bond acceptors (Lipinski definition) is 6. The third kappa shape index (κ3) is 5.68. The van der Waals surface area contributed by atoms with Crippen LogP contribution in [0.25, 0.3) is 0 Å². The van der Waals surface area contributed by atoms with E-state index >= 15 is 0 Å². The maximum atomic E-state index is 12.8. The van der Waals surface area contributed by atoms with Crippen LogP contribution in [0, 0.1) is 16.7 Å². The lowest BCUT2D eigenvalue weighted by atomic mass is 9.69. The van der Waals surface area contributed by atoms with Gasteiger partial charge in [0.2, 0.25) is 5.91 Å². The lowest BCUT2D eigenvalue weighted by Gasteiger charge is -2.36. The highest BCUT2D eigenvalue weighted by Gasteiger charge is 2.42. The Balaban J connectivity index is 1.72. The summed E-state index contributed by atoms with van der Waals surface area (Å²) in [5.41, 5.74) is 10.1. The number of likely N-dealkylation sites (tertiary alicyclic amines) is 1. The topological polar surface area (TPSA) is 147 Å². The molecule has 2 aromatic rings. The van der Waals surface area contributed by atoms with Crippen LogP contribution in [0.2, 0.25) is 0 Å². The standard InChI is InChI=1S/C31H39N7O3/c1-36(2)28(40)22-9-11-25-20(16-22)7-8-21-17-23(29(41)37(3)4)10-12-26(21)31(25,30(33)34)13-14-35-19-27(39)38-15-5-6-24(38)18-32/h9-12,16-17,24,35H,5-8,13-15,19H2,1-4H3,(H3,33,34)/t24-/m0/s1. The average Bonchev–Trinajstić information content (AvgIpc) is 3.39. The summed E-state index contributed by atoms with van der Waals surface area (Å²) in [5.74, 6) is -0.386. The summed E-state index contributed by atoms with van der Waals surface area (Å²) in [7, 11) is 6.84. The molecule has 216 valence electrons. The van der Waals surface area contributed by atoms with Crippen LogP contribution < -0.4 is 11.1 Å². The number of amides is 3. The minimum absolute atomic E-state index is 0.0440. The van der Waals surface area contributed by atoms with Crippen molar-refractivity contribution in [1.82, 2.24) is 20.0 Å². The quantitative estimate of drug-likeness (QED) is 0.257. The molecule has 0 bridgehead atoms. The Bertz CT molecular complexity index is 1340. The summed E-state index contributed by atoms with van der Waals surface area (Å²) in [6, 6.07) is 12.9. The molecule has 1 heterocycles. The number of carbonyl (C=O) groups is 3. The molecule has 2 aromatic carbocycles. The molecular weight excluding hydrogens is 518 g/mol. The summed E-state index contributed by atoms with van der Waals surface area (Å²) < 4.78 is 0. The molecule has 1 aliphatic carbocycles. The first-order valence-electron chi connectivity index (χ1n) is 14.0. The highest BCUT2D eigenvalue weighted by molar-refractivity contribution is 5.98. The average molecular weight is 558 g/mol. The van der Waals surface area contributed by atoms with E-state index in [0.717, 1.165) is 28.7 Å². The monoisotopic (exact) mass is 557 g/mol. The summed E-state index contributed by atoms with van der Waals surface area (Å²) in [4.78, 5) is 43.1. The third-order valence-electron chi connectivity index (χ3n) is 8.23. The summed E-state index contributed by atoms with van der Waals surface area (Å²) in [6.45, 7) is 1.04. The van der Waals surface area contributed by atoms with Gasteiger partial charge in [0.15, 0.2) is 0 Å². The summed E-state index contributed by atoms with van der Waals surface area (Å²) in [6.07, 6.45) is 3.13. The molecule has 41 heavy (non-hydrogen) atoms. The molecule has 4 rings (SSSR count). The van der Waals surface area contributed by atoms with Crippen molar-refractivity contribution >= 4 is 23.6 Å². The zero-order valence-corrected chi connectivity index (χ0v) is 24.3. The smallest absolute Gasteiger partial charge is 0.253 e. The molecule has 4 N–H and O–H groups in total. The Morgan fingerprint density at radius 1 is 1.02 bits per heavy atom. The number of nitriles is 1. The van der Waals surface area contributed by atoms with Gasteiger partial charge in [0.05, 0.1) is 18.0 Å². The van der Waals surface area contributed by atoms with Crippen LogP contribution in [0.5, 0.6) is 0 Å². The molecule has 0 radical (unpaired) electrons. The predicted molar refractivity (Wildman–Crippen MR) is 157 cm³/mol. The van der Waals surface area contributed by atoms with E-state index in [0.29, 0.717) is 49.9 Å². The van der Waals surface area contributed by atoms with Crippen molar-refractivity contribution < 1.29 is 14.4 Å². The number of carbonyl (C=O) groups excluding carboxylic acids is 3. The fourth-order valence-corrected chi connectivity index (χ4v) is 6.10. The molecule has 0 saturated carbocycles. The van der Waals surface area contributed by atoms with E-state index in [1.54, 1.807) is 45.2 Å². The zero-order chi connectivity index (χ0) is 29.9. The van der Waals surface area contributed by atoms with Crippen molar-refractivity contribution in [1.29, 1.82) is 10.7 Å². The van der Waals surface area contributed by atoms with Crippen LogP contribution in [-0.2, 0) is 23.1 Å². The maximum Gasteiger partial charge on any atom is 0.253 e. The number of fused-ring (bicyclic) bond motifs is 2. The fraction of sp³-hybridized carbons (Fsp3) is 0.452. The molecule has 0 aromatic heterocycles. The molecule has 0 spiro atoms. The van der Waals surface area contributed by atoms with Gasteiger partial charge in [-0.15, -0.1) is 0 Å². The Labute approximate surface area is 241 Å². The number of aryl methyl sites for hydroxylation is 2. The van der Waals surface area contributed by atoms with Gasteiger partial charge in [-0.25, -0.2) is 0 Å². The van der Waals surface area contributed by atoms with Gasteiger partial charge in [-0.2, -0.15) is 5.26 Å². The van der Waals surface area contributed by atoms with Gasteiger partial charge in [-0.1, -0.05) is 12.1 Å². The Hall–Kier alpha value is -4.23. The lowest BCUT2D eigenvalue weighted by Crippen LogP contribution is -2.46. The van der Waals surface area contributed by atoms with Gasteiger partial charge >= 0.3 is 0 Å². The molecule has 1 aliphatic heterocycles. The van der Waals surface area contributed by atoms with Crippen LogP contribution in [0.3, 0.4) is 0 Å². The van der Waals surface area contributed by atoms with Crippen LogP contribution >= 0.6 is 0 Å². The highest BCUT2D eigenvalue weighted by Crippen LogP contribution is 2.43. The van der Waals surface area contributed by atoms with E-state index < -0.39 is 5.41 Å². The molecule has 1 fully saturated rings. The first kappa shape index (κ1) is 29.7. The highest BCUT2D eigenvalue weighted by atomic mass is 16.2. The van der Waals surface area contributed by atoms with Crippen molar-refractivity contribution in [3.8, 4) is 6.07 Å². The Kier molecular flexibility index (Phi) is 8.78. The van der Waals surface area contributed by atoms with Crippen LogP contribution in [0.4, 0.5) is 0 Å². The van der Waals surface area contributed by atoms with Gasteiger partial charge in [0.1, 0.15) is 11.9 Å². The fourth-order valence-electron chi connectivity index (χ4n) is 6.10. The van der Waals surface area contributed by atoms with Crippen LogP contribution in [0.1, 0.15) is 62.2 Å². The SMILES string of the molecule is CN(C)C(=O)c1ccc2c(c1)CCc1cc(C(=O)N(C)C)ccc1C2(CCNCC(=O)N1CCC[C@H]1C#N)C(=N)N. The molecule has 2 aliphatic rings. The van der Waals surface area contributed by atoms with Crippen molar-refractivity contribution in [2.45, 2.75) is 43.6 Å². The number of benzene rings is 2. The summed E-state index contributed by atoms with van der Waals surface area (Å²) in [5, 5.41) is 21.5. The van der Waals surface area contributed by atoms with Gasteiger partial charge in [0.25, 0.3) is 11.8 Å². The van der Waals surface area contributed by atoms with E-state index in [1.165, 1.54) is 9.80 Å². The van der Waals surface area contributed by atoms with Crippen molar-refractivity contribution in [2.75, 3.05) is 47.8 Å². The summed E-state index contributed by atoms with van der Waals surface area (Å²) >= 11 is 0. The van der Waals surface area contributed by atoms with E-state index in [2.05, 4.69) is 11.4 Å². The minimum atomic E-state index is -1.03. The van der Waals surface area contributed by atoms with Gasteiger partial charge in [-0.05, 0) is 85.2 Å². The molecule has 1 atom stereocenters. The lowest BCUT2D eigenvalue weighted by molar-refractivity contribution is -0.130. The Morgan fingerprint density at radius 3 is 2.02 bits per heavy atom. The Morgan fingerprint density at radius 2 is 1.56 bits per heavy atom. The predicted octanol–water partition coefficient (Wildman–Crippen LogP) is 1.91. The largest absolute Gasteiger partial charge is 0.387 e. The second kappa shape index (κ2) is 12.1. The van der Waals surface area contributed by atoms with Crippen molar-refractivity contribution in [3.63, 3.8) is 0 Å². The van der Waals surface area contributed by atoms with Gasteiger partial charge < -0.3 is 25.8 Å². The number of nitrogens with one attached hydrogen (secondary N) is 2. The molecule has 0 unspecified atom stereocenters. The number of hydrogen-bond donors (Lipinski definition) is 3. The van der Waals surface area contributed by atoms with Gasteiger partial charge in [0, 0.05) is 45.9 Å². The van der Waals surface area contributed by atoms with Gasteiger partial charge in [-0.3, -0.25) is 19.8 Å². The van der Waals surface area contributed by atoms with Crippen LogP contribution in [0.15, 0.2) is 36.4 Å².